The van der Waals surface area contributed by atoms with E-state index in [4.69, 9.17) is 9.15 Å². The number of imide groups is 1. The lowest BCUT2D eigenvalue weighted by Gasteiger charge is -2.14. The van der Waals surface area contributed by atoms with E-state index in [0.29, 0.717) is 35.8 Å². The highest BCUT2D eigenvalue weighted by Crippen LogP contribution is 2.37. The number of carbonyl (C=O) groups is 2. The van der Waals surface area contributed by atoms with Crippen LogP contribution in [0.4, 0.5) is 0 Å². The van der Waals surface area contributed by atoms with Crippen LogP contribution in [0.2, 0.25) is 0 Å². The number of amides is 2. The van der Waals surface area contributed by atoms with Gasteiger partial charge in [-0.05, 0) is 31.0 Å². The Morgan fingerprint density at radius 3 is 2.54 bits per heavy atom. The zero-order valence-electron chi connectivity index (χ0n) is 14.9. The maximum atomic E-state index is 12.9. The molecule has 0 N–H and O–H groups in total. The van der Waals surface area contributed by atoms with Crippen molar-refractivity contribution in [2.24, 2.45) is 0 Å². The zero-order valence-corrected chi connectivity index (χ0v) is 15.7. The van der Waals surface area contributed by atoms with E-state index >= 15 is 0 Å². The average Bonchev–Trinajstić information content (AvgIpc) is 3.23. The molecular formula is C20H21NO4S. The van der Waals surface area contributed by atoms with Gasteiger partial charge in [-0.25, -0.2) is 0 Å². The number of thioether (sulfide) groups is 1. The fourth-order valence-corrected chi connectivity index (χ4v) is 3.80. The number of methoxy groups -OCH3 is 1. The summed E-state index contributed by atoms with van der Waals surface area (Å²) in [5, 5.41) is 0. The lowest BCUT2D eigenvalue weighted by atomic mass is 10.0. The van der Waals surface area contributed by atoms with Crippen LogP contribution in [0.25, 0.3) is 5.57 Å². The molecule has 1 aliphatic rings. The molecule has 0 aliphatic carbocycles. The van der Waals surface area contributed by atoms with E-state index in [1.807, 2.05) is 43.3 Å². The molecule has 0 fully saturated rings. The molecule has 2 heterocycles. The summed E-state index contributed by atoms with van der Waals surface area (Å²) in [5.74, 6) is 0.793. The zero-order chi connectivity index (χ0) is 18.5. The predicted molar refractivity (Wildman–Crippen MR) is 101 cm³/mol. The first-order valence-corrected chi connectivity index (χ1v) is 9.42. The Labute approximate surface area is 157 Å². The Kier molecular flexibility index (Phi) is 5.96. The van der Waals surface area contributed by atoms with Crippen molar-refractivity contribution in [3.8, 4) is 0 Å². The standard InChI is InChI=1S/C20H21NO4S/c1-14-6-8-15(9-7-14)17-18(26-13-16-5-3-12-25-16)20(23)21(19(17)22)10-4-11-24-2/h3,5-9,12H,4,10-11,13H2,1-2H3. The molecule has 0 spiro atoms. The molecular weight excluding hydrogens is 350 g/mol. The van der Waals surface area contributed by atoms with Crippen molar-refractivity contribution in [3.05, 3.63) is 64.5 Å². The minimum absolute atomic E-state index is 0.238. The third-order valence-corrected chi connectivity index (χ3v) is 5.23. The summed E-state index contributed by atoms with van der Waals surface area (Å²) in [7, 11) is 1.61. The number of hydrogen-bond donors (Lipinski definition) is 0. The van der Waals surface area contributed by atoms with E-state index in [9.17, 15) is 9.59 Å². The Hall–Kier alpha value is -2.31. The first-order valence-electron chi connectivity index (χ1n) is 8.43. The van der Waals surface area contributed by atoms with E-state index in [0.717, 1.165) is 16.9 Å². The molecule has 6 heteroatoms. The van der Waals surface area contributed by atoms with Crippen molar-refractivity contribution in [1.82, 2.24) is 4.90 Å². The highest BCUT2D eigenvalue weighted by atomic mass is 32.2. The number of furan rings is 1. The van der Waals surface area contributed by atoms with Crippen LogP contribution in [0.3, 0.4) is 0 Å². The van der Waals surface area contributed by atoms with E-state index < -0.39 is 0 Å². The highest BCUT2D eigenvalue weighted by Gasteiger charge is 2.38. The molecule has 0 atom stereocenters. The van der Waals surface area contributed by atoms with Crippen LogP contribution in [0, 0.1) is 6.92 Å². The smallest absolute Gasteiger partial charge is 0.267 e. The largest absolute Gasteiger partial charge is 0.468 e. The van der Waals surface area contributed by atoms with Crippen LogP contribution in [0.5, 0.6) is 0 Å². The van der Waals surface area contributed by atoms with Gasteiger partial charge in [0.25, 0.3) is 11.8 Å². The lowest BCUT2D eigenvalue weighted by molar-refractivity contribution is -0.136. The molecule has 0 saturated heterocycles. The maximum Gasteiger partial charge on any atom is 0.267 e. The van der Waals surface area contributed by atoms with Crippen molar-refractivity contribution in [3.63, 3.8) is 0 Å². The molecule has 0 unspecified atom stereocenters. The van der Waals surface area contributed by atoms with Crippen LogP contribution in [-0.2, 0) is 20.1 Å². The number of rotatable bonds is 8. The number of aryl methyl sites for hydroxylation is 1. The first-order chi connectivity index (χ1) is 12.6. The van der Waals surface area contributed by atoms with Gasteiger partial charge >= 0.3 is 0 Å². The van der Waals surface area contributed by atoms with Gasteiger partial charge in [0, 0.05) is 20.3 Å². The maximum absolute atomic E-state index is 12.9. The van der Waals surface area contributed by atoms with Crippen LogP contribution in [0.15, 0.2) is 52.0 Å². The van der Waals surface area contributed by atoms with Crippen molar-refractivity contribution >= 4 is 29.1 Å². The molecule has 0 saturated carbocycles. The van der Waals surface area contributed by atoms with E-state index in [-0.39, 0.29) is 11.8 Å². The predicted octanol–water partition coefficient (Wildman–Crippen LogP) is 3.64. The molecule has 5 nitrogen and oxygen atoms in total. The molecule has 1 aromatic heterocycles. The monoisotopic (exact) mass is 371 g/mol. The second-order valence-corrected chi connectivity index (χ2v) is 7.03. The molecule has 136 valence electrons. The number of benzene rings is 1. The minimum Gasteiger partial charge on any atom is -0.468 e. The van der Waals surface area contributed by atoms with Crippen LogP contribution in [0.1, 0.15) is 23.3 Å². The normalized spacial score (nSPS) is 14.6. The number of nitrogens with zero attached hydrogens (tertiary/aromatic N) is 1. The molecule has 0 radical (unpaired) electrons. The van der Waals surface area contributed by atoms with Crippen LogP contribution < -0.4 is 0 Å². The van der Waals surface area contributed by atoms with Gasteiger partial charge in [0.1, 0.15) is 5.76 Å². The topological polar surface area (TPSA) is 59.8 Å². The van der Waals surface area contributed by atoms with Crippen LogP contribution >= 0.6 is 11.8 Å². The molecule has 0 bridgehead atoms. The van der Waals surface area contributed by atoms with Crippen LogP contribution in [-0.4, -0.2) is 37.0 Å². The Morgan fingerprint density at radius 2 is 1.88 bits per heavy atom. The molecule has 2 amide bonds. The number of ether oxygens (including phenoxy) is 1. The van der Waals surface area contributed by atoms with Gasteiger partial charge in [0.2, 0.25) is 0 Å². The third-order valence-electron chi connectivity index (χ3n) is 4.13. The van der Waals surface area contributed by atoms with E-state index in [1.54, 1.807) is 13.4 Å². The Morgan fingerprint density at radius 1 is 1.12 bits per heavy atom. The summed E-state index contributed by atoms with van der Waals surface area (Å²) in [6, 6.07) is 11.3. The quantitative estimate of drug-likeness (QED) is 0.524. The molecule has 3 rings (SSSR count). The Bertz CT molecular complexity index is 809. The minimum atomic E-state index is -0.239. The van der Waals surface area contributed by atoms with Gasteiger partial charge in [-0.1, -0.05) is 29.8 Å². The SMILES string of the molecule is COCCCN1C(=O)C(SCc2ccco2)=C(c2ccc(C)cc2)C1=O. The summed E-state index contributed by atoms with van der Waals surface area (Å²) >= 11 is 1.35. The van der Waals surface area contributed by atoms with Gasteiger partial charge in [-0.15, -0.1) is 11.8 Å². The van der Waals surface area contributed by atoms with Crippen molar-refractivity contribution in [2.45, 2.75) is 19.1 Å². The van der Waals surface area contributed by atoms with Gasteiger partial charge in [0.15, 0.2) is 0 Å². The molecule has 1 aliphatic heterocycles. The van der Waals surface area contributed by atoms with Gasteiger partial charge in [-0.2, -0.15) is 0 Å². The molecule has 26 heavy (non-hydrogen) atoms. The van der Waals surface area contributed by atoms with Gasteiger partial charge in [-0.3, -0.25) is 14.5 Å². The first kappa shape index (κ1) is 18.5. The lowest BCUT2D eigenvalue weighted by Crippen LogP contribution is -2.33. The van der Waals surface area contributed by atoms with Crippen molar-refractivity contribution in [1.29, 1.82) is 0 Å². The molecule has 2 aromatic rings. The van der Waals surface area contributed by atoms with Crippen molar-refractivity contribution < 1.29 is 18.7 Å². The average molecular weight is 371 g/mol. The fourth-order valence-electron chi connectivity index (χ4n) is 2.77. The highest BCUT2D eigenvalue weighted by molar-refractivity contribution is 8.03. The second-order valence-electron chi connectivity index (χ2n) is 6.05. The summed E-state index contributed by atoms with van der Waals surface area (Å²) < 4.78 is 10.4. The second kappa shape index (κ2) is 8.38. The summed E-state index contributed by atoms with van der Waals surface area (Å²) in [6.45, 7) is 2.85. The van der Waals surface area contributed by atoms with E-state index in [2.05, 4.69) is 0 Å². The molecule has 1 aromatic carbocycles. The summed E-state index contributed by atoms with van der Waals surface area (Å²) in [6.07, 6.45) is 2.22. The third kappa shape index (κ3) is 3.92. The van der Waals surface area contributed by atoms with E-state index in [1.165, 1.54) is 16.7 Å². The fraction of sp³-hybridized carbons (Fsp3) is 0.300. The van der Waals surface area contributed by atoms with Gasteiger partial charge in [0.05, 0.1) is 22.5 Å². The summed E-state index contributed by atoms with van der Waals surface area (Å²) in [5.41, 5.74) is 2.35. The number of hydrogen-bond acceptors (Lipinski definition) is 5. The summed E-state index contributed by atoms with van der Waals surface area (Å²) in [4.78, 5) is 27.6. The Balaban J connectivity index is 1.89. The number of carbonyl (C=O) groups excluding carboxylic acids is 2. The van der Waals surface area contributed by atoms with Gasteiger partial charge < -0.3 is 9.15 Å². The van der Waals surface area contributed by atoms with Crippen molar-refractivity contribution in [2.75, 3.05) is 20.3 Å².